The van der Waals surface area contributed by atoms with Gasteiger partial charge in [0.1, 0.15) is 0 Å². The molecule has 0 fully saturated rings. The van der Waals surface area contributed by atoms with E-state index in [0.717, 1.165) is 12.3 Å². The summed E-state index contributed by atoms with van der Waals surface area (Å²) in [5, 5.41) is 0. The molecule has 1 unspecified atom stereocenters. The Morgan fingerprint density at radius 2 is 2.08 bits per heavy atom. The molecule has 12 heavy (non-hydrogen) atoms. The van der Waals surface area contributed by atoms with Crippen LogP contribution in [-0.2, 0) is 0 Å². The van der Waals surface area contributed by atoms with Crippen molar-refractivity contribution in [2.45, 2.75) is 46.5 Å². The third kappa shape index (κ3) is 4.38. The van der Waals surface area contributed by atoms with E-state index in [2.05, 4.69) is 33.4 Å². The molecule has 0 aromatic carbocycles. The van der Waals surface area contributed by atoms with Crippen molar-refractivity contribution in [3.8, 4) is 0 Å². The predicted octanol–water partition coefficient (Wildman–Crippen LogP) is 4.34. The van der Waals surface area contributed by atoms with Crippen molar-refractivity contribution in [2.75, 3.05) is 0 Å². The lowest BCUT2D eigenvalue weighted by Gasteiger charge is -2.13. The molecule has 0 amide bonds. The third-order valence-electron chi connectivity index (χ3n) is 2.49. The lowest BCUT2D eigenvalue weighted by molar-refractivity contribution is 0.506. The minimum atomic E-state index is 0.814. The quantitative estimate of drug-likeness (QED) is 0.515. The first-order valence-electron chi connectivity index (χ1n) is 5.03. The van der Waals surface area contributed by atoms with E-state index in [1.807, 2.05) is 6.08 Å². The number of hydrogen-bond acceptors (Lipinski definition) is 0. The molecule has 0 aromatic heterocycles. The SMILES string of the molecule is C=CCC(CC)CC(=CC)CC. The van der Waals surface area contributed by atoms with Crippen molar-refractivity contribution in [3.05, 3.63) is 24.3 Å². The fraction of sp³-hybridized carbons (Fsp3) is 0.667. The normalized spacial score (nSPS) is 14.4. The van der Waals surface area contributed by atoms with Gasteiger partial charge in [0.05, 0.1) is 0 Å². The molecule has 0 N–H and O–H groups in total. The van der Waals surface area contributed by atoms with Crippen molar-refractivity contribution >= 4 is 0 Å². The monoisotopic (exact) mass is 166 g/mol. The highest BCUT2D eigenvalue weighted by molar-refractivity contribution is 5.00. The van der Waals surface area contributed by atoms with E-state index in [4.69, 9.17) is 0 Å². The van der Waals surface area contributed by atoms with Crippen LogP contribution in [0.15, 0.2) is 24.3 Å². The van der Waals surface area contributed by atoms with Crippen LogP contribution in [0.3, 0.4) is 0 Å². The largest absolute Gasteiger partial charge is 0.103 e. The molecule has 0 aliphatic heterocycles. The maximum atomic E-state index is 3.79. The van der Waals surface area contributed by atoms with E-state index in [1.165, 1.54) is 19.3 Å². The summed E-state index contributed by atoms with van der Waals surface area (Å²) < 4.78 is 0. The molecule has 0 saturated carbocycles. The molecule has 0 nitrogen and oxygen atoms in total. The number of hydrogen-bond donors (Lipinski definition) is 0. The molecule has 0 aliphatic rings. The van der Waals surface area contributed by atoms with Gasteiger partial charge >= 0.3 is 0 Å². The second-order valence-corrected chi connectivity index (χ2v) is 3.30. The Kier molecular flexibility index (Phi) is 6.84. The zero-order valence-electron chi connectivity index (χ0n) is 8.77. The first kappa shape index (κ1) is 11.5. The van der Waals surface area contributed by atoms with E-state index in [1.54, 1.807) is 5.57 Å². The standard InChI is InChI=1S/C12H22/c1-5-9-12(8-4)10-11(6-2)7-3/h5-6,12H,1,7-10H2,2-4H3. The molecule has 0 rings (SSSR count). The van der Waals surface area contributed by atoms with Gasteiger partial charge in [-0.2, -0.15) is 0 Å². The number of allylic oxidation sites excluding steroid dienone is 3. The zero-order valence-corrected chi connectivity index (χ0v) is 8.77. The van der Waals surface area contributed by atoms with Crippen LogP contribution in [0, 0.1) is 5.92 Å². The van der Waals surface area contributed by atoms with E-state index in [-0.39, 0.29) is 0 Å². The molecule has 0 radical (unpaired) electrons. The van der Waals surface area contributed by atoms with Gasteiger partial charge in [-0.1, -0.05) is 38.0 Å². The zero-order chi connectivity index (χ0) is 9.40. The Morgan fingerprint density at radius 3 is 2.42 bits per heavy atom. The van der Waals surface area contributed by atoms with Gasteiger partial charge in [-0.3, -0.25) is 0 Å². The fourth-order valence-corrected chi connectivity index (χ4v) is 1.47. The molecule has 70 valence electrons. The Bertz CT molecular complexity index is 142. The van der Waals surface area contributed by atoms with Crippen LogP contribution in [0.4, 0.5) is 0 Å². The van der Waals surface area contributed by atoms with Crippen LogP contribution in [0.2, 0.25) is 0 Å². The summed E-state index contributed by atoms with van der Waals surface area (Å²) in [6.45, 7) is 10.4. The summed E-state index contributed by atoms with van der Waals surface area (Å²) in [5.74, 6) is 0.814. The first-order valence-corrected chi connectivity index (χ1v) is 5.03. The van der Waals surface area contributed by atoms with E-state index in [9.17, 15) is 0 Å². The molecule has 1 atom stereocenters. The van der Waals surface area contributed by atoms with E-state index < -0.39 is 0 Å². The third-order valence-corrected chi connectivity index (χ3v) is 2.49. The maximum Gasteiger partial charge on any atom is -0.0289 e. The average molecular weight is 166 g/mol. The molecule has 0 aromatic rings. The summed E-state index contributed by atoms with van der Waals surface area (Å²) in [6.07, 6.45) is 9.18. The topological polar surface area (TPSA) is 0 Å². The molecule has 0 heteroatoms. The van der Waals surface area contributed by atoms with Crippen molar-refractivity contribution in [3.63, 3.8) is 0 Å². The highest BCUT2D eigenvalue weighted by atomic mass is 14.1. The van der Waals surface area contributed by atoms with Gasteiger partial charge in [-0.05, 0) is 32.1 Å². The number of rotatable bonds is 6. The predicted molar refractivity (Wildman–Crippen MR) is 57.3 cm³/mol. The van der Waals surface area contributed by atoms with Gasteiger partial charge in [0.15, 0.2) is 0 Å². The van der Waals surface area contributed by atoms with Crippen molar-refractivity contribution < 1.29 is 0 Å². The Balaban J connectivity index is 3.90. The molecular formula is C12H22. The molecule has 0 bridgehead atoms. The minimum Gasteiger partial charge on any atom is -0.103 e. The molecule has 0 heterocycles. The summed E-state index contributed by atoms with van der Waals surface area (Å²) in [7, 11) is 0. The highest BCUT2D eigenvalue weighted by Crippen LogP contribution is 2.20. The second-order valence-electron chi connectivity index (χ2n) is 3.30. The second kappa shape index (κ2) is 7.15. The highest BCUT2D eigenvalue weighted by Gasteiger charge is 2.05. The molecule has 0 spiro atoms. The average Bonchev–Trinajstić information content (AvgIpc) is 2.12. The van der Waals surface area contributed by atoms with E-state index in [0.29, 0.717) is 0 Å². The van der Waals surface area contributed by atoms with Crippen LogP contribution < -0.4 is 0 Å². The Hall–Kier alpha value is -0.520. The van der Waals surface area contributed by atoms with Crippen LogP contribution >= 0.6 is 0 Å². The van der Waals surface area contributed by atoms with Gasteiger partial charge in [0.25, 0.3) is 0 Å². The van der Waals surface area contributed by atoms with Gasteiger partial charge in [-0.25, -0.2) is 0 Å². The minimum absolute atomic E-state index is 0.814. The van der Waals surface area contributed by atoms with Crippen LogP contribution in [0.25, 0.3) is 0 Å². The molecular weight excluding hydrogens is 144 g/mol. The Morgan fingerprint density at radius 1 is 1.42 bits per heavy atom. The lowest BCUT2D eigenvalue weighted by atomic mass is 9.92. The van der Waals surface area contributed by atoms with Crippen LogP contribution in [0.1, 0.15) is 46.5 Å². The van der Waals surface area contributed by atoms with Crippen molar-refractivity contribution in [1.29, 1.82) is 0 Å². The van der Waals surface area contributed by atoms with Gasteiger partial charge < -0.3 is 0 Å². The Labute approximate surface area is 77.4 Å². The maximum absolute atomic E-state index is 3.79. The summed E-state index contributed by atoms with van der Waals surface area (Å²) in [4.78, 5) is 0. The summed E-state index contributed by atoms with van der Waals surface area (Å²) in [6, 6.07) is 0. The van der Waals surface area contributed by atoms with Gasteiger partial charge in [0, 0.05) is 0 Å². The van der Waals surface area contributed by atoms with Crippen molar-refractivity contribution in [2.24, 2.45) is 5.92 Å². The van der Waals surface area contributed by atoms with Gasteiger partial charge in [-0.15, -0.1) is 6.58 Å². The molecule has 0 saturated heterocycles. The van der Waals surface area contributed by atoms with Crippen LogP contribution in [0.5, 0.6) is 0 Å². The van der Waals surface area contributed by atoms with Crippen molar-refractivity contribution in [1.82, 2.24) is 0 Å². The summed E-state index contributed by atoms with van der Waals surface area (Å²) in [5.41, 5.74) is 1.59. The van der Waals surface area contributed by atoms with Gasteiger partial charge in [0.2, 0.25) is 0 Å². The van der Waals surface area contributed by atoms with Crippen LogP contribution in [-0.4, -0.2) is 0 Å². The lowest BCUT2D eigenvalue weighted by Crippen LogP contribution is -1.98. The smallest absolute Gasteiger partial charge is 0.0289 e. The summed E-state index contributed by atoms with van der Waals surface area (Å²) >= 11 is 0. The fourth-order valence-electron chi connectivity index (χ4n) is 1.47. The van der Waals surface area contributed by atoms with E-state index >= 15 is 0 Å². The first-order chi connectivity index (χ1) is 5.78. The molecule has 0 aliphatic carbocycles.